The van der Waals surface area contributed by atoms with Crippen molar-refractivity contribution in [1.29, 1.82) is 0 Å². The molecular weight excluding hydrogens is 1450 g/mol. The molecule has 0 radical (unpaired) electrons. The van der Waals surface area contributed by atoms with E-state index in [1.165, 1.54) is 149 Å². The van der Waals surface area contributed by atoms with Crippen LogP contribution in [0.15, 0.2) is 315 Å². The van der Waals surface area contributed by atoms with Gasteiger partial charge in [0.2, 0.25) is 0 Å². The first-order chi connectivity index (χ1) is 57.2. The van der Waals surface area contributed by atoms with E-state index in [1.54, 1.807) is 0 Å². The fourth-order valence-corrected chi connectivity index (χ4v) is 17.5. The van der Waals surface area contributed by atoms with Gasteiger partial charge in [0.15, 0.2) is 0 Å². The molecule has 0 aliphatic heterocycles. The highest BCUT2D eigenvalue weighted by molar-refractivity contribution is 6.24. The molecule has 0 saturated carbocycles. The van der Waals surface area contributed by atoms with E-state index >= 15 is 0 Å². The predicted octanol–water partition coefficient (Wildman–Crippen LogP) is 34.5. The normalized spacial score (nSPS) is 12.1. The SMILES string of the molecule is CC(C)c1ccc(N(c2ccccc2)c2ccc(-c3c4cc(C(C)(C)C)ccc4c(N(c4ccccc4)c4ccc(C(C)C)cc4)c4cc(C(C)(C)C)ccc34)cc2)cc1.Cc1cccc(N(c2cccc(C)c2)c2c(C)cc(-c3c4cc(C(C)(C)C)ccc4c(N(c4cccc(C)c4)c4cccc(C)c4)c4cc(C(C)(C)C)ccc34)cc2C)c1. The van der Waals surface area contributed by atoms with Gasteiger partial charge in [0.25, 0.3) is 0 Å². The van der Waals surface area contributed by atoms with Crippen LogP contribution >= 0.6 is 0 Å². The van der Waals surface area contributed by atoms with Gasteiger partial charge in [-0.25, -0.2) is 0 Å². The molecule has 0 fully saturated rings. The summed E-state index contributed by atoms with van der Waals surface area (Å²) in [7, 11) is 0. The summed E-state index contributed by atoms with van der Waals surface area (Å²) in [6.07, 6.45) is 0. The molecule has 0 atom stereocenters. The molecule has 0 unspecified atom stereocenters. The number of para-hydroxylation sites is 2. The maximum absolute atomic E-state index is 2.51. The number of aryl methyl sites for hydroxylation is 6. The van der Waals surface area contributed by atoms with Crippen LogP contribution in [0.5, 0.6) is 0 Å². The van der Waals surface area contributed by atoms with Gasteiger partial charge in [-0.2, -0.15) is 0 Å². The molecule has 16 aromatic carbocycles. The van der Waals surface area contributed by atoms with Gasteiger partial charge in [0.1, 0.15) is 0 Å². The molecule has 0 amide bonds. The summed E-state index contributed by atoms with van der Waals surface area (Å²) in [4.78, 5) is 9.82. The fraction of sp³-hybridized carbons (Fsp3) is 0.241. The number of rotatable bonds is 16. The number of benzene rings is 16. The van der Waals surface area contributed by atoms with Gasteiger partial charge in [-0.1, -0.05) is 281 Å². The average molecular weight is 1570 g/mol. The molecule has 0 heterocycles. The lowest BCUT2D eigenvalue weighted by Gasteiger charge is -2.32. The van der Waals surface area contributed by atoms with Crippen molar-refractivity contribution in [2.75, 3.05) is 19.6 Å². The van der Waals surface area contributed by atoms with Crippen LogP contribution in [0.2, 0.25) is 0 Å². The molecule has 16 aromatic rings. The van der Waals surface area contributed by atoms with E-state index < -0.39 is 0 Å². The molecule has 120 heavy (non-hydrogen) atoms. The third-order valence-electron chi connectivity index (χ3n) is 24.2. The highest BCUT2D eigenvalue weighted by Gasteiger charge is 2.31. The summed E-state index contributed by atoms with van der Waals surface area (Å²) >= 11 is 0. The molecule has 0 aliphatic carbocycles. The second-order valence-corrected chi connectivity index (χ2v) is 38.4. The van der Waals surface area contributed by atoms with Crippen molar-refractivity contribution in [2.45, 2.75) is 186 Å². The second kappa shape index (κ2) is 33.2. The van der Waals surface area contributed by atoms with Gasteiger partial charge in [-0.15, -0.1) is 0 Å². The van der Waals surface area contributed by atoms with Gasteiger partial charge in [-0.05, 0) is 331 Å². The van der Waals surface area contributed by atoms with Crippen LogP contribution < -0.4 is 19.6 Å². The Morgan fingerprint density at radius 1 is 0.200 bits per heavy atom. The minimum Gasteiger partial charge on any atom is -0.311 e. The summed E-state index contributed by atoms with van der Waals surface area (Å²) in [5.74, 6) is 0.926. The number of fused-ring (bicyclic) bond motifs is 4. The lowest BCUT2D eigenvalue weighted by Crippen LogP contribution is -2.15. The molecule has 0 aromatic heterocycles. The van der Waals surface area contributed by atoms with E-state index in [4.69, 9.17) is 0 Å². The van der Waals surface area contributed by atoms with Crippen molar-refractivity contribution in [3.8, 4) is 22.3 Å². The van der Waals surface area contributed by atoms with Crippen LogP contribution in [0, 0.1) is 41.5 Å². The van der Waals surface area contributed by atoms with E-state index in [9.17, 15) is 0 Å². The highest BCUT2D eigenvalue weighted by Crippen LogP contribution is 2.54. The predicted molar refractivity (Wildman–Crippen MR) is 524 cm³/mol. The monoisotopic (exact) mass is 1570 g/mol. The zero-order valence-electron chi connectivity index (χ0n) is 75.0. The van der Waals surface area contributed by atoms with Gasteiger partial charge in [0, 0.05) is 72.7 Å². The maximum atomic E-state index is 2.51. The Kier molecular flexibility index (Phi) is 22.9. The van der Waals surface area contributed by atoms with Crippen molar-refractivity contribution in [3.05, 3.63) is 382 Å². The first-order valence-corrected chi connectivity index (χ1v) is 43.2. The van der Waals surface area contributed by atoms with Gasteiger partial charge in [0.05, 0.1) is 17.1 Å². The Labute approximate surface area is 716 Å². The Hall–Kier alpha value is -12.2. The quantitative estimate of drug-likeness (QED) is 0.0894. The second-order valence-electron chi connectivity index (χ2n) is 38.4. The molecule has 4 nitrogen and oxygen atoms in total. The minimum absolute atomic E-state index is 0.0341. The molecule has 0 bridgehead atoms. The molecular formula is C116H120N4. The Balaban J connectivity index is 0.000000187. The topological polar surface area (TPSA) is 13.0 Å². The van der Waals surface area contributed by atoms with Gasteiger partial charge in [-0.3, -0.25) is 0 Å². The zero-order chi connectivity index (χ0) is 85.0. The fourth-order valence-electron chi connectivity index (χ4n) is 17.5. The summed E-state index contributed by atoms with van der Waals surface area (Å²) in [5, 5.41) is 9.97. The number of hydrogen-bond donors (Lipinski definition) is 0. The Morgan fingerprint density at radius 2 is 0.467 bits per heavy atom. The minimum atomic E-state index is -0.0436. The van der Waals surface area contributed by atoms with Crippen LogP contribution in [0.1, 0.15) is 189 Å². The van der Waals surface area contributed by atoms with Crippen molar-refractivity contribution in [1.82, 2.24) is 0 Å². The van der Waals surface area contributed by atoms with E-state index in [0.717, 1.165) is 51.2 Å². The van der Waals surface area contributed by atoms with Crippen molar-refractivity contribution >= 4 is 111 Å². The molecule has 4 heteroatoms. The van der Waals surface area contributed by atoms with E-state index in [2.05, 4.69) is 487 Å². The Morgan fingerprint density at radius 3 is 0.792 bits per heavy atom. The summed E-state index contributed by atoms with van der Waals surface area (Å²) in [6.45, 7) is 50.2. The van der Waals surface area contributed by atoms with E-state index in [-0.39, 0.29) is 21.7 Å². The molecule has 0 spiro atoms. The highest BCUT2D eigenvalue weighted by atomic mass is 15.2. The summed E-state index contributed by atoms with van der Waals surface area (Å²) < 4.78 is 0. The molecule has 16 rings (SSSR count). The van der Waals surface area contributed by atoms with Crippen LogP contribution in [-0.4, -0.2) is 0 Å². The lowest BCUT2D eigenvalue weighted by molar-refractivity contribution is 0.590. The molecule has 0 aliphatic rings. The van der Waals surface area contributed by atoms with Crippen molar-refractivity contribution < 1.29 is 0 Å². The summed E-state index contributed by atoms with van der Waals surface area (Å²) in [6, 6.07) is 119. The molecule has 604 valence electrons. The average Bonchev–Trinajstić information content (AvgIpc) is 0.718. The molecule has 0 N–H and O–H groups in total. The first kappa shape index (κ1) is 82.8. The van der Waals surface area contributed by atoms with Crippen molar-refractivity contribution in [2.24, 2.45) is 0 Å². The van der Waals surface area contributed by atoms with Crippen LogP contribution in [0.25, 0.3) is 65.3 Å². The van der Waals surface area contributed by atoms with Crippen LogP contribution in [0.4, 0.5) is 68.2 Å². The zero-order valence-corrected chi connectivity index (χ0v) is 75.0. The van der Waals surface area contributed by atoms with E-state index in [0.29, 0.717) is 11.8 Å². The molecule has 0 saturated heterocycles. The Bertz CT molecular complexity index is 6320. The van der Waals surface area contributed by atoms with Crippen LogP contribution in [0.3, 0.4) is 0 Å². The third-order valence-corrected chi connectivity index (χ3v) is 24.2. The lowest BCUT2D eigenvalue weighted by atomic mass is 9.80. The van der Waals surface area contributed by atoms with Gasteiger partial charge < -0.3 is 19.6 Å². The van der Waals surface area contributed by atoms with Gasteiger partial charge >= 0.3 is 0 Å². The smallest absolute Gasteiger partial charge is 0.0618 e. The number of nitrogens with zero attached hydrogens (tertiary/aromatic N) is 4. The van der Waals surface area contributed by atoms with Crippen molar-refractivity contribution in [3.63, 3.8) is 0 Å². The summed E-state index contributed by atoms with van der Waals surface area (Å²) in [5.41, 5.74) is 34.1. The number of hydrogen-bond acceptors (Lipinski definition) is 4. The largest absolute Gasteiger partial charge is 0.311 e. The maximum Gasteiger partial charge on any atom is 0.0618 e. The first-order valence-electron chi connectivity index (χ1n) is 43.2. The number of anilines is 12. The third kappa shape index (κ3) is 16.9. The van der Waals surface area contributed by atoms with Crippen LogP contribution in [-0.2, 0) is 21.7 Å². The van der Waals surface area contributed by atoms with E-state index in [1.807, 2.05) is 0 Å². The standard InChI is InChI=1S/2C58H60N2/c1-37-17-13-21-46(29-37)59(47-22-14-18-38(2)30-47)55-41(5)33-43(34-42(55)6)54-50-27-25-45(58(10,11)12)36-53(50)56(51-28-26-44(35-52(51)54)57(7,8)9)60(48-23-15-19-39(3)31-48)49-24-16-20-40(4)32-49;1-39(2)41-21-29-48(30-22-41)59(46-17-13-11-14-18-46)49-33-25-43(26-34-49)55-51-35-27-45(58(8,9)10)38-54(51)56(52-36-28-44(37-53(52)55)57(5,6)7)60(47-19-15-12-16-20-47)50-31-23-42(24-32-50)40(3)4/h13-36H,1-12H3;11-40H,1-10H3.